The van der Waals surface area contributed by atoms with Crippen molar-refractivity contribution in [2.75, 3.05) is 26.4 Å². The Hall–Kier alpha value is -4.00. The van der Waals surface area contributed by atoms with Gasteiger partial charge in [0.05, 0.1) is 26.4 Å². The minimum Gasteiger partial charge on any atom is -0.493 e. The fraction of sp³-hybridized carbons (Fsp3) is 0.520. The second kappa shape index (κ2) is 22.7. The van der Waals surface area contributed by atoms with Gasteiger partial charge in [-0.25, -0.2) is 4.79 Å². The monoisotopic (exact) mass is 765 g/mol. The number of aliphatic hydroxyl groups is 2. The van der Waals surface area contributed by atoms with E-state index in [2.05, 4.69) is 81.6 Å². The van der Waals surface area contributed by atoms with Gasteiger partial charge >= 0.3 is 5.97 Å². The third kappa shape index (κ3) is 12.8. The van der Waals surface area contributed by atoms with Crippen molar-refractivity contribution in [2.24, 2.45) is 5.41 Å². The fourth-order valence-electron chi connectivity index (χ4n) is 7.98. The molecule has 1 saturated carbocycles. The molecule has 1 aliphatic carbocycles. The molecular weight excluding hydrogens is 697 g/mol. The van der Waals surface area contributed by atoms with Gasteiger partial charge in [0.15, 0.2) is 5.78 Å². The molecule has 304 valence electrons. The Morgan fingerprint density at radius 2 is 1.38 bits per heavy atom. The molecule has 0 saturated heterocycles. The summed E-state index contributed by atoms with van der Waals surface area (Å²) in [5, 5.41) is 20.7. The second-order valence-electron chi connectivity index (χ2n) is 16.3. The van der Waals surface area contributed by atoms with Gasteiger partial charge < -0.3 is 19.7 Å². The number of ether oxygens (including phenoxy) is 2. The molecule has 0 unspecified atom stereocenters. The van der Waals surface area contributed by atoms with Gasteiger partial charge in [-0.15, -0.1) is 0 Å². The molecule has 2 N–H and O–H groups in total. The minimum absolute atomic E-state index is 0.0907. The lowest BCUT2D eigenvalue weighted by molar-refractivity contribution is -0.139. The lowest BCUT2D eigenvalue weighted by Gasteiger charge is -2.30. The first-order chi connectivity index (χ1) is 27.0. The van der Waals surface area contributed by atoms with E-state index in [-0.39, 0.29) is 25.6 Å². The Labute approximate surface area is 337 Å². The molecule has 0 bridgehead atoms. The summed E-state index contributed by atoms with van der Waals surface area (Å²) >= 11 is 0. The number of carbonyl (C=O) groups is 2. The number of unbranched alkanes of at least 4 members (excludes halogenated alkanes) is 2. The van der Waals surface area contributed by atoms with Gasteiger partial charge in [-0.05, 0) is 146 Å². The largest absolute Gasteiger partial charge is 0.493 e. The topological polar surface area (TPSA) is 93.1 Å². The number of benzene rings is 3. The molecule has 3 aromatic carbocycles. The van der Waals surface area contributed by atoms with Crippen LogP contribution in [-0.2, 0) is 33.6 Å². The standard InChI is InChI=1S/C50H68O6/c1-7-9-27-50(34-51,35-52)28-30-55-48-43(18-13-14-20-47(53)36(3)4)32-45(33-44(48)19-15-29-56-49(54)37(5)6)46-26-25-42(31-38(46)8-2)41-23-21-40(22-24-41)39-16-11-10-12-17-39/h21-26,31-33,39,51-52H,3,5,7-20,27-30,34-35H2,1-2,4,6H3. The molecule has 1 aliphatic rings. The average Bonchev–Trinajstić information content (AvgIpc) is 3.22. The van der Waals surface area contributed by atoms with Gasteiger partial charge in [0, 0.05) is 17.4 Å². The Morgan fingerprint density at radius 1 is 0.732 bits per heavy atom. The van der Waals surface area contributed by atoms with Gasteiger partial charge in [0.2, 0.25) is 0 Å². The number of aryl methyl sites for hydroxylation is 3. The van der Waals surface area contributed by atoms with E-state index >= 15 is 0 Å². The zero-order valence-electron chi connectivity index (χ0n) is 34.9. The molecule has 0 spiro atoms. The third-order valence-electron chi connectivity index (χ3n) is 11.7. The van der Waals surface area contributed by atoms with E-state index < -0.39 is 11.4 Å². The third-order valence-corrected chi connectivity index (χ3v) is 11.7. The lowest BCUT2D eigenvalue weighted by atomic mass is 9.81. The molecule has 0 amide bonds. The van der Waals surface area contributed by atoms with Crippen LogP contribution in [0.2, 0.25) is 0 Å². The summed E-state index contributed by atoms with van der Waals surface area (Å²) in [5.74, 6) is 1.18. The van der Waals surface area contributed by atoms with Crippen LogP contribution in [0.5, 0.6) is 5.75 Å². The Kier molecular flexibility index (Phi) is 18.1. The van der Waals surface area contributed by atoms with E-state index in [1.807, 2.05) is 0 Å². The number of carbonyl (C=O) groups excluding carboxylic acids is 2. The second-order valence-corrected chi connectivity index (χ2v) is 16.3. The van der Waals surface area contributed by atoms with E-state index in [1.54, 1.807) is 13.8 Å². The Morgan fingerprint density at radius 3 is 1.98 bits per heavy atom. The number of allylic oxidation sites excluding steroid dienone is 1. The van der Waals surface area contributed by atoms with Crippen molar-refractivity contribution in [3.05, 3.63) is 101 Å². The highest BCUT2D eigenvalue weighted by molar-refractivity contribution is 5.94. The SMILES string of the molecule is C=C(C)C(=O)CCCCc1cc(-c2ccc(-c3ccc(C4CCCCC4)cc3)cc2CC)cc(CCCOC(=O)C(=C)C)c1OCCC(CO)(CO)CCCC. The zero-order valence-corrected chi connectivity index (χ0v) is 34.9. The molecule has 0 aliphatic heterocycles. The zero-order chi connectivity index (χ0) is 40.5. The Balaban J connectivity index is 1.70. The molecule has 4 rings (SSSR count). The van der Waals surface area contributed by atoms with E-state index in [0.29, 0.717) is 49.4 Å². The predicted molar refractivity (Wildman–Crippen MR) is 230 cm³/mol. The van der Waals surface area contributed by atoms with Gasteiger partial charge in [-0.2, -0.15) is 0 Å². The summed E-state index contributed by atoms with van der Waals surface area (Å²) in [6.07, 6.45) is 14.6. The van der Waals surface area contributed by atoms with Gasteiger partial charge in [-0.3, -0.25) is 4.79 Å². The first-order valence-electron chi connectivity index (χ1n) is 21.3. The molecule has 3 aromatic rings. The highest BCUT2D eigenvalue weighted by Crippen LogP contribution is 2.38. The molecule has 6 nitrogen and oxygen atoms in total. The molecule has 0 aromatic heterocycles. The van der Waals surface area contributed by atoms with Gasteiger partial charge in [0.25, 0.3) is 0 Å². The number of hydrogen-bond donors (Lipinski definition) is 2. The smallest absolute Gasteiger partial charge is 0.333 e. The van der Waals surface area contributed by atoms with Crippen molar-refractivity contribution in [1.29, 1.82) is 0 Å². The maximum atomic E-state index is 12.4. The van der Waals surface area contributed by atoms with E-state index in [9.17, 15) is 19.8 Å². The van der Waals surface area contributed by atoms with E-state index in [4.69, 9.17) is 9.47 Å². The van der Waals surface area contributed by atoms with Crippen LogP contribution in [0.15, 0.2) is 78.9 Å². The number of esters is 1. The number of hydrogen-bond acceptors (Lipinski definition) is 6. The summed E-state index contributed by atoms with van der Waals surface area (Å²) in [5.41, 5.74) is 9.89. The average molecular weight is 765 g/mol. The van der Waals surface area contributed by atoms with Crippen molar-refractivity contribution in [3.63, 3.8) is 0 Å². The number of ketones is 1. The van der Waals surface area contributed by atoms with Crippen molar-refractivity contribution < 1.29 is 29.3 Å². The predicted octanol–water partition coefficient (Wildman–Crippen LogP) is 11.5. The van der Waals surface area contributed by atoms with E-state index in [0.717, 1.165) is 67.4 Å². The first-order valence-corrected chi connectivity index (χ1v) is 21.3. The van der Waals surface area contributed by atoms with Crippen LogP contribution in [0, 0.1) is 5.41 Å². The summed E-state index contributed by atoms with van der Waals surface area (Å²) in [6.45, 7) is 15.7. The van der Waals surface area contributed by atoms with Crippen LogP contribution in [0.4, 0.5) is 0 Å². The molecular formula is C50H68O6. The molecule has 0 atom stereocenters. The quantitative estimate of drug-likeness (QED) is 0.0536. The van der Waals surface area contributed by atoms with Crippen molar-refractivity contribution >= 4 is 11.8 Å². The molecule has 56 heavy (non-hydrogen) atoms. The molecule has 0 radical (unpaired) electrons. The van der Waals surface area contributed by atoms with Crippen LogP contribution >= 0.6 is 0 Å². The van der Waals surface area contributed by atoms with Crippen molar-refractivity contribution in [3.8, 4) is 28.0 Å². The van der Waals surface area contributed by atoms with Crippen LogP contribution in [0.1, 0.15) is 139 Å². The minimum atomic E-state index is -0.607. The molecule has 1 fully saturated rings. The van der Waals surface area contributed by atoms with Crippen LogP contribution in [0.3, 0.4) is 0 Å². The number of aliphatic hydroxyl groups excluding tert-OH is 2. The fourth-order valence-corrected chi connectivity index (χ4v) is 7.98. The number of rotatable bonds is 24. The summed E-state index contributed by atoms with van der Waals surface area (Å²) in [6, 6.07) is 20.5. The Bertz CT molecular complexity index is 1690. The van der Waals surface area contributed by atoms with Crippen LogP contribution in [-0.4, -0.2) is 48.4 Å². The first kappa shape index (κ1) is 44.7. The van der Waals surface area contributed by atoms with Crippen LogP contribution < -0.4 is 4.74 Å². The number of Topliss-reactive ketones (excluding diaryl/α,β-unsaturated/α-hetero) is 1. The summed E-state index contributed by atoms with van der Waals surface area (Å²) < 4.78 is 12.2. The van der Waals surface area contributed by atoms with Gasteiger partial charge in [0.1, 0.15) is 5.75 Å². The van der Waals surface area contributed by atoms with Gasteiger partial charge in [-0.1, -0.05) is 102 Å². The normalized spacial score (nSPS) is 13.4. The highest BCUT2D eigenvalue weighted by Gasteiger charge is 2.28. The highest BCUT2D eigenvalue weighted by atomic mass is 16.5. The maximum absolute atomic E-state index is 12.4. The molecule has 6 heteroatoms. The van der Waals surface area contributed by atoms with Crippen molar-refractivity contribution in [1.82, 2.24) is 0 Å². The summed E-state index contributed by atoms with van der Waals surface area (Å²) in [4.78, 5) is 24.6. The maximum Gasteiger partial charge on any atom is 0.333 e. The van der Waals surface area contributed by atoms with Crippen LogP contribution in [0.25, 0.3) is 22.3 Å². The van der Waals surface area contributed by atoms with Crippen molar-refractivity contribution in [2.45, 2.75) is 136 Å². The molecule has 0 heterocycles. The van der Waals surface area contributed by atoms with E-state index in [1.165, 1.54) is 59.9 Å². The summed E-state index contributed by atoms with van der Waals surface area (Å²) in [7, 11) is 0. The lowest BCUT2D eigenvalue weighted by Crippen LogP contribution is -2.32.